The first-order valence-electron chi connectivity index (χ1n) is 6.51. The molecule has 0 amide bonds. The lowest BCUT2D eigenvalue weighted by atomic mass is 10.2. The molecule has 1 rings (SSSR count). The van der Waals surface area contributed by atoms with Crippen molar-refractivity contribution in [2.45, 2.75) is 52.0 Å². The molecule has 0 radical (unpaired) electrons. The molecule has 4 heteroatoms. The van der Waals surface area contributed by atoms with E-state index < -0.39 is 0 Å². The van der Waals surface area contributed by atoms with Crippen LogP contribution in [0.1, 0.15) is 44.6 Å². The smallest absolute Gasteiger partial charge is 0.197 e. The number of unbranched alkanes of at least 4 members (excludes halogenated alkanes) is 3. The van der Waals surface area contributed by atoms with Gasteiger partial charge in [0.2, 0.25) is 0 Å². The molecule has 1 heterocycles. The summed E-state index contributed by atoms with van der Waals surface area (Å²) in [5, 5.41) is 19.7. The summed E-state index contributed by atoms with van der Waals surface area (Å²) in [6.07, 6.45) is 6.05. The largest absolute Gasteiger partial charge is 0.494 e. The lowest BCUT2D eigenvalue weighted by Gasteiger charge is -2.06. The fraction of sp³-hybridized carbons (Fsp3) is 0.692. The molecule has 0 atom stereocenters. The predicted octanol–water partition coefficient (Wildman–Crippen LogP) is 2.37. The third kappa shape index (κ3) is 3.97. The average Bonchev–Trinajstić information content (AvgIpc) is 2.58. The summed E-state index contributed by atoms with van der Waals surface area (Å²) in [6.45, 7) is 3.44. The molecule has 1 aromatic heterocycles. The monoisotopic (exact) mass is 240 g/mol. The molecule has 4 nitrogen and oxygen atoms in total. The topological polar surface area (TPSA) is 71.4 Å². The van der Waals surface area contributed by atoms with E-state index in [1.54, 1.807) is 10.6 Å². The molecule has 4 N–H and O–H groups in total. The van der Waals surface area contributed by atoms with Crippen LogP contribution >= 0.6 is 0 Å². The van der Waals surface area contributed by atoms with E-state index in [9.17, 15) is 10.2 Å². The van der Waals surface area contributed by atoms with Crippen molar-refractivity contribution in [2.75, 3.05) is 6.54 Å². The Labute approximate surface area is 103 Å². The molecule has 0 unspecified atom stereocenters. The third-order valence-corrected chi connectivity index (χ3v) is 3.01. The van der Waals surface area contributed by atoms with Gasteiger partial charge in [-0.05, 0) is 25.8 Å². The third-order valence-electron chi connectivity index (χ3n) is 3.01. The quantitative estimate of drug-likeness (QED) is 0.611. The summed E-state index contributed by atoms with van der Waals surface area (Å²) >= 11 is 0. The molecule has 17 heavy (non-hydrogen) atoms. The van der Waals surface area contributed by atoms with Gasteiger partial charge in [0, 0.05) is 18.2 Å². The molecule has 0 saturated carbocycles. The van der Waals surface area contributed by atoms with Crippen molar-refractivity contribution in [3.05, 3.63) is 11.6 Å². The Hall–Kier alpha value is -1.16. The molecule has 0 aliphatic carbocycles. The number of aryl methyl sites for hydroxylation is 1. The minimum atomic E-state index is 0.158. The standard InChI is InChI=1S/C13H24N2O2/c1-2-3-4-5-9-15-12(16)10-11(13(15)17)7-6-8-14/h10,16-17H,2-9,14H2,1H3. The second-order valence-corrected chi connectivity index (χ2v) is 4.46. The predicted molar refractivity (Wildman–Crippen MR) is 69.3 cm³/mol. The van der Waals surface area contributed by atoms with Crippen molar-refractivity contribution in [3.63, 3.8) is 0 Å². The van der Waals surface area contributed by atoms with Crippen LogP contribution in [-0.2, 0) is 13.0 Å². The fourth-order valence-corrected chi connectivity index (χ4v) is 1.97. The summed E-state index contributed by atoms with van der Waals surface area (Å²) in [5.74, 6) is 0.360. The van der Waals surface area contributed by atoms with Gasteiger partial charge in [0.25, 0.3) is 0 Å². The highest BCUT2D eigenvalue weighted by atomic mass is 16.3. The Balaban J connectivity index is 2.55. The average molecular weight is 240 g/mol. The minimum absolute atomic E-state index is 0.158. The van der Waals surface area contributed by atoms with Crippen LogP contribution < -0.4 is 5.73 Å². The first-order valence-corrected chi connectivity index (χ1v) is 6.51. The molecule has 1 aromatic rings. The van der Waals surface area contributed by atoms with E-state index >= 15 is 0 Å². The number of rotatable bonds is 8. The summed E-state index contributed by atoms with van der Waals surface area (Å²) in [5.41, 5.74) is 6.23. The van der Waals surface area contributed by atoms with Crippen LogP contribution in [0.15, 0.2) is 6.07 Å². The maximum absolute atomic E-state index is 9.95. The Morgan fingerprint density at radius 2 is 1.94 bits per heavy atom. The Morgan fingerprint density at radius 3 is 2.59 bits per heavy atom. The van der Waals surface area contributed by atoms with E-state index in [0.717, 1.165) is 31.2 Å². The van der Waals surface area contributed by atoms with Crippen LogP contribution in [0.2, 0.25) is 0 Å². The number of nitrogens with two attached hydrogens (primary N) is 1. The van der Waals surface area contributed by atoms with E-state index in [1.807, 2.05) is 0 Å². The highest BCUT2D eigenvalue weighted by Crippen LogP contribution is 2.28. The maximum atomic E-state index is 9.95. The van der Waals surface area contributed by atoms with Crippen molar-refractivity contribution in [1.82, 2.24) is 4.57 Å². The molecular formula is C13H24N2O2. The first-order chi connectivity index (χ1) is 8.20. The van der Waals surface area contributed by atoms with Crippen LogP contribution in [0.5, 0.6) is 11.8 Å². The molecule has 0 aliphatic heterocycles. The molecule has 0 aliphatic rings. The summed E-state index contributed by atoms with van der Waals surface area (Å²) in [7, 11) is 0. The van der Waals surface area contributed by atoms with Crippen LogP contribution in [-0.4, -0.2) is 21.3 Å². The first kappa shape index (κ1) is 13.9. The minimum Gasteiger partial charge on any atom is -0.494 e. The molecule has 0 spiro atoms. The van der Waals surface area contributed by atoms with Crippen molar-refractivity contribution in [1.29, 1.82) is 0 Å². The molecular weight excluding hydrogens is 216 g/mol. The summed E-state index contributed by atoms with van der Waals surface area (Å²) in [6, 6.07) is 1.64. The number of hydrogen-bond donors (Lipinski definition) is 3. The van der Waals surface area contributed by atoms with Gasteiger partial charge in [-0.15, -0.1) is 0 Å². The van der Waals surface area contributed by atoms with Crippen LogP contribution in [0.25, 0.3) is 0 Å². The van der Waals surface area contributed by atoms with E-state index in [0.29, 0.717) is 13.1 Å². The van der Waals surface area contributed by atoms with Gasteiger partial charge in [-0.3, -0.25) is 4.57 Å². The molecule has 0 aromatic carbocycles. The van der Waals surface area contributed by atoms with E-state index in [1.165, 1.54) is 12.8 Å². The van der Waals surface area contributed by atoms with E-state index in [-0.39, 0.29) is 11.8 Å². The SMILES string of the molecule is CCCCCCn1c(O)cc(CCCN)c1O. The highest BCUT2D eigenvalue weighted by Gasteiger charge is 2.12. The van der Waals surface area contributed by atoms with Crippen molar-refractivity contribution >= 4 is 0 Å². The zero-order valence-electron chi connectivity index (χ0n) is 10.7. The lowest BCUT2D eigenvalue weighted by molar-refractivity contribution is 0.360. The van der Waals surface area contributed by atoms with Gasteiger partial charge in [0.15, 0.2) is 11.8 Å². The normalized spacial score (nSPS) is 10.9. The lowest BCUT2D eigenvalue weighted by Crippen LogP contribution is -2.00. The second-order valence-electron chi connectivity index (χ2n) is 4.46. The van der Waals surface area contributed by atoms with E-state index in [4.69, 9.17) is 5.73 Å². The molecule has 0 saturated heterocycles. The van der Waals surface area contributed by atoms with Gasteiger partial charge in [-0.2, -0.15) is 0 Å². The van der Waals surface area contributed by atoms with Crippen LogP contribution in [0, 0.1) is 0 Å². The van der Waals surface area contributed by atoms with Crippen molar-refractivity contribution < 1.29 is 10.2 Å². The van der Waals surface area contributed by atoms with Gasteiger partial charge in [-0.1, -0.05) is 26.2 Å². The van der Waals surface area contributed by atoms with Crippen LogP contribution in [0.3, 0.4) is 0 Å². The summed E-state index contributed by atoms with van der Waals surface area (Å²) in [4.78, 5) is 0. The highest BCUT2D eigenvalue weighted by molar-refractivity contribution is 5.35. The Morgan fingerprint density at radius 1 is 1.18 bits per heavy atom. The maximum Gasteiger partial charge on any atom is 0.197 e. The summed E-state index contributed by atoms with van der Waals surface area (Å²) < 4.78 is 1.58. The van der Waals surface area contributed by atoms with E-state index in [2.05, 4.69) is 6.92 Å². The number of hydrogen-bond acceptors (Lipinski definition) is 3. The van der Waals surface area contributed by atoms with Gasteiger partial charge in [0.1, 0.15) is 0 Å². The Bertz CT molecular complexity index is 334. The molecule has 0 fully saturated rings. The zero-order chi connectivity index (χ0) is 12.7. The number of aromatic hydroxyl groups is 2. The number of nitrogens with zero attached hydrogens (tertiary/aromatic N) is 1. The molecule has 98 valence electrons. The van der Waals surface area contributed by atoms with Crippen LogP contribution in [0.4, 0.5) is 0 Å². The number of aromatic nitrogens is 1. The molecule has 0 bridgehead atoms. The van der Waals surface area contributed by atoms with Gasteiger partial charge >= 0.3 is 0 Å². The van der Waals surface area contributed by atoms with Crippen molar-refractivity contribution in [3.8, 4) is 11.8 Å². The van der Waals surface area contributed by atoms with Gasteiger partial charge < -0.3 is 15.9 Å². The van der Waals surface area contributed by atoms with Gasteiger partial charge in [-0.25, -0.2) is 0 Å². The Kier molecular flexibility index (Phi) is 5.91. The second kappa shape index (κ2) is 7.22. The van der Waals surface area contributed by atoms with Crippen molar-refractivity contribution in [2.24, 2.45) is 5.73 Å². The van der Waals surface area contributed by atoms with Gasteiger partial charge in [0.05, 0.1) is 0 Å². The fourth-order valence-electron chi connectivity index (χ4n) is 1.97. The zero-order valence-corrected chi connectivity index (χ0v) is 10.7.